The lowest BCUT2D eigenvalue weighted by atomic mass is 10.2. The highest BCUT2D eigenvalue weighted by molar-refractivity contribution is 8.00. The molecule has 0 heterocycles. The van der Waals surface area contributed by atoms with E-state index < -0.39 is 0 Å². The van der Waals surface area contributed by atoms with Gasteiger partial charge < -0.3 is 15.4 Å². The van der Waals surface area contributed by atoms with Crippen molar-refractivity contribution in [1.82, 2.24) is 0 Å². The third-order valence-corrected chi connectivity index (χ3v) is 5.64. The van der Waals surface area contributed by atoms with Gasteiger partial charge in [-0.15, -0.1) is 11.8 Å². The Morgan fingerprint density at radius 1 is 0.933 bits per heavy atom. The summed E-state index contributed by atoms with van der Waals surface area (Å²) >= 11 is 1.46. The van der Waals surface area contributed by atoms with E-state index in [9.17, 15) is 9.59 Å². The van der Waals surface area contributed by atoms with Gasteiger partial charge in [-0.3, -0.25) is 9.59 Å². The van der Waals surface area contributed by atoms with Crippen LogP contribution in [0.15, 0.2) is 77.7 Å². The zero-order valence-electron chi connectivity index (χ0n) is 17.1. The molecule has 5 nitrogen and oxygen atoms in total. The lowest BCUT2D eigenvalue weighted by Crippen LogP contribution is -2.22. The summed E-state index contributed by atoms with van der Waals surface area (Å²) < 4.78 is 5.16. The minimum Gasteiger partial charge on any atom is -0.497 e. The average molecular weight is 421 g/mol. The van der Waals surface area contributed by atoms with Crippen LogP contribution in [0.25, 0.3) is 0 Å². The van der Waals surface area contributed by atoms with Crippen molar-refractivity contribution in [3.05, 3.63) is 83.9 Å². The smallest absolute Gasteiger partial charge is 0.255 e. The monoisotopic (exact) mass is 420 g/mol. The highest BCUT2D eigenvalue weighted by Crippen LogP contribution is 2.26. The van der Waals surface area contributed by atoms with Crippen LogP contribution in [0.1, 0.15) is 22.8 Å². The molecule has 0 saturated heterocycles. The van der Waals surface area contributed by atoms with E-state index in [1.165, 1.54) is 11.8 Å². The maximum absolute atomic E-state index is 12.5. The van der Waals surface area contributed by atoms with E-state index in [-0.39, 0.29) is 17.1 Å². The number of methoxy groups -OCH3 is 1. The predicted octanol–water partition coefficient (Wildman–Crippen LogP) is 5.38. The van der Waals surface area contributed by atoms with Crippen LogP contribution < -0.4 is 15.4 Å². The fourth-order valence-electron chi connectivity index (χ4n) is 2.79. The van der Waals surface area contributed by atoms with Gasteiger partial charge in [-0.2, -0.15) is 0 Å². The van der Waals surface area contributed by atoms with Crippen molar-refractivity contribution >= 4 is 35.0 Å². The Labute approximate surface area is 180 Å². The molecule has 0 spiro atoms. The van der Waals surface area contributed by atoms with Crippen LogP contribution in [-0.4, -0.2) is 24.2 Å². The first-order chi connectivity index (χ1) is 14.5. The number of nitrogens with one attached hydrogen (secondary N) is 2. The first-order valence-electron chi connectivity index (χ1n) is 9.55. The van der Waals surface area contributed by atoms with Gasteiger partial charge in [0.15, 0.2) is 0 Å². The number of aryl methyl sites for hydroxylation is 1. The zero-order valence-corrected chi connectivity index (χ0v) is 18.0. The van der Waals surface area contributed by atoms with Gasteiger partial charge in [0.2, 0.25) is 5.91 Å². The summed E-state index contributed by atoms with van der Waals surface area (Å²) in [4.78, 5) is 25.8. The number of thioether (sulfide) groups is 1. The summed E-state index contributed by atoms with van der Waals surface area (Å²) in [6.45, 7) is 3.84. The molecule has 6 heteroatoms. The highest BCUT2D eigenvalue weighted by atomic mass is 32.2. The minimum atomic E-state index is -0.262. The Morgan fingerprint density at radius 2 is 1.67 bits per heavy atom. The SMILES string of the molecule is COc1cccc(C(=O)Nc2ccc(SC(C)C(=O)Nc3ccccc3C)cc2)c1. The lowest BCUT2D eigenvalue weighted by Gasteiger charge is -2.14. The summed E-state index contributed by atoms with van der Waals surface area (Å²) in [6, 6.07) is 22.1. The zero-order chi connectivity index (χ0) is 21.5. The minimum absolute atomic E-state index is 0.0512. The summed E-state index contributed by atoms with van der Waals surface area (Å²) in [7, 11) is 1.57. The molecule has 3 aromatic carbocycles. The van der Waals surface area contributed by atoms with E-state index >= 15 is 0 Å². The van der Waals surface area contributed by atoms with Gasteiger partial charge in [0, 0.05) is 21.8 Å². The van der Waals surface area contributed by atoms with Crippen molar-refractivity contribution in [2.75, 3.05) is 17.7 Å². The normalized spacial score (nSPS) is 11.4. The molecular formula is C24H24N2O3S. The maximum Gasteiger partial charge on any atom is 0.255 e. The fourth-order valence-corrected chi connectivity index (χ4v) is 3.66. The van der Waals surface area contributed by atoms with Crippen molar-refractivity contribution in [1.29, 1.82) is 0 Å². The molecule has 3 aromatic rings. The second kappa shape index (κ2) is 9.98. The maximum atomic E-state index is 12.5. The van der Waals surface area contributed by atoms with Crippen molar-refractivity contribution in [2.24, 2.45) is 0 Å². The average Bonchev–Trinajstić information content (AvgIpc) is 2.76. The van der Waals surface area contributed by atoms with E-state index in [0.717, 1.165) is 16.1 Å². The molecule has 1 atom stereocenters. The Bertz CT molecular complexity index is 1030. The van der Waals surface area contributed by atoms with Gasteiger partial charge in [-0.25, -0.2) is 0 Å². The number of carbonyl (C=O) groups excluding carboxylic acids is 2. The second-order valence-electron chi connectivity index (χ2n) is 6.77. The van der Waals surface area contributed by atoms with Crippen LogP contribution in [0, 0.1) is 6.92 Å². The van der Waals surface area contributed by atoms with Gasteiger partial charge in [-0.05, 0) is 67.9 Å². The number of amides is 2. The van der Waals surface area contributed by atoms with E-state index in [0.29, 0.717) is 17.0 Å². The third kappa shape index (κ3) is 5.64. The summed E-state index contributed by atoms with van der Waals surface area (Å²) in [5, 5.41) is 5.57. The summed E-state index contributed by atoms with van der Waals surface area (Å²) in [5.41, 5.74) is 3.06. The largest absolute Gasteiger partial charge is 0.497 e. The molecule has 30 heavy (non-hydrogen) atoms. The van der Waals surface area contributed by atoms with Crippen molar-refractivity contribution < 1.29 is 14.3 Å². The lowest BCUT2D eigenvalue weighted by molar-refractivity contribution is -0.115. The van der Waals surface area contributed by atoms with Crippen LogP contribution in [0.5, 0.6) is 5.75 Å². The molecule has 2 amide bonds. The topological polar surface area (TPSA) is 67.4 Å². The Kier molecular flexibility index (Phi) is 7.14. The Hall–Kier alpha value is -3.25. The van der Waals surface area contributed by atoms with Crippen molar-refractivity contribution in [3.63, 3.8) is 0 Å². The second-order valence-corrected chi connectivity index (χ2v) is 8.19. The van der Waals surface area contributed by atoms with Gasteiger partial charge in [0.05, 0.1) is 12.4 Å². The Morgan fingerprint density at radius 3 is 2.37 bits per heavy atom. The van der Waals surface area contributed by atoms with Crippen LogP contribution in [0.3, 0.4) is 0 Å². The first-order valence-corrected chi connectivity index (χ1v) is 10.4. The quantitative estimate of drug-likeness (QED) is 0.504. The predicted molar refractivity (Wildman–Crippen MR) is 123 cm³/mol. The number of carbonyl (C=O) groups is 2. The van der Waals surface area contributed by atoms with Crippen molar-refractivity contribution in [3.8, 4) is 5.75 Å². The molecule has 0 saturated carbocycles. The van der Waals surface area contributed by atoms with Gasteiger partial charge in [-0.1, -0.05) is 24.3 Å². The number of anilines is 2. The van der Waals surface area contributed by atoms with E-state index in [1.807, 2.05) is 62.4 Å². The number of hydrogen-bond donors (Lipinski definition) is 2. The molecule has 0 aliphatic carbocycles. The van der Waals surface area contributed by atoms with E-state index in [2.05, 4.69) is 10.6 Å². The first kappa shape index (κ1) is 21.5. The number of benzene rings is 3. The summed E-state index contributed by atoms with van der Waals surface area (Å²) in [5.74, 6) is 0.373. The molecule has 154 valence electrons. The number of hydrogen-bond acceptors (Lipinski definition) is 4. The van der Waals surface area contributed by atoms with E-state index in [4.69, 9.17) is 4.74 Å². The molecule has 0 fully saturated rings. The Balaban J connectivity index is 1.57. The standard InChI is InChI=1S/C24H24N2O3S/c1-16-7-4-5-10-22(16)26-23(27)17(2)30-21-13-11-19(12-14-21)25-24(28)18-8-6-9-20(15-18)29-3/h4-15,17H,1-3H3,(H,25,28)(H,26,27). The molecule has 0 bridgehead atoms. The van der Waals surface area contributed by atoms with Gasteiger partial charge in [0.25, 0.3) is 5.91 Å². The third-order valence-electron chi connectivity index (χ3n) is 4.53. The molecule has 0 aromatic heterocycles. The number of para-hydroxylation sites is 1. The van der Waals surface area contributed by atoms with Crippen LogP contribution >= 0.6 is 11.8 Å². The summed E-state index contributed by atoms with van der Waals surface area (Å²) in [6.07, 6.45) is 0. The molecule has 2 N–H and O–H groups in total. The highest BCUT2D eigenvalue weighted by Gasteiger charge is 2.15. The molecule has 0 aliphatic rings. The molecule has 0 aliphatic heterocycles. The van der Waals surface area contributed by atoms with Gasteiger partial charge in [0.1, 0.15) is 5.75 Å². The molecule has 1 unspecified atom stereocenters. The van der Waals surface area contributed by atoms with Gasteiger partial charge >= 0.3 is 0 Å². The number of rotatable bonds is 7. The molecule has 0 radical (unpaired) electrons. The van der Waals surface area contributed by atoms with Crippen LogP contribution in [0.2, 0.25) is 0 Å². The van der Waals surface area contributed by atoms with Crippen molar-refractivity contribution in [2.45, 2.75) is 24.0 Å². The fraction of sp³-hybridized carbons (Fsp3) is 0.167. The van der Waals surface area contributed by atoms with Crippen LogP contribution in [0.4, 0.5) is 11.4 Å². The van der Waals surface area contributed by atoms with E-state index in [1.54, 1.807) is 31.4 Å². The van der Waals surface area contributed by atoms with Crippen LogP contribution in [-0.2, 0) is 4.79 Å². The molecular weight excluding hydrogens is 396 g/mol. The molecule has 3 rings (SSSR count). The number of ether oxygens (including phenoxy) is 1.